The zero-order chi connectivity index (χ0) is 19.0. The van der Waals surface area contributed by atoms with Crippen molar-refractivity contribution in [3.63, 3.8) is 0 Å². The molecule has 1 fully saturated rings. The molecule has 27 heavy (non-hydrogen) atoms. The van der Waals surface area contributed by atoms with Crippen molar-refractivity contribution in [3.05, 3.63) is 46.4 Å². The first-order chi connectivity index (χ1) is 12.9. The molecule has 0 unspecified atom stereocenters. The summed E-state index contributed by atoms with van der Waals surface area (Å²) in [5, 5.41) is 3.92. The van der Waals surface area contributed by atoms with E-state index in [9.17, 15) is 8.42 Å². The molecule has 0 atom stereocenters. The maximum atomic E-state index is 12.8. The number of ether oxygens (including phenoxy) is 1. The smallest absolute Gasteiger partial charge is 0.300 e. The van der Waals surface area contributed by atoms with Gasteiger partial charge in [0.1, 0.15) is 5.52 Å². The van der Waals surface area contributed by atoms with E-state index in [1.165, 1.54) is 16.4 Å². The lowest BCUT2D eigenvalue weighted by Gasteiger charge is -2.25. The van der Waals surface area contributed by atoms with Crippen LogP contribution in [0, 0.1) is 0 Å². The molecule has 1 aromatic heterocycles. The van der Waals surface area contributed by atoms with Crippen LogP contribution in [0.25, 0.3) is 11.1 Å². The first kappa shape index (κ1) is 18.5. The fraction of sp³-hybridized carbons (Fsp3) is 0.235. The lowest BCUT2D eigenvalue weighted by atomic mass is 10.3. The van der Waals surface area contributed by atoms with E-state index in [4.69, 9.17) is 32.4 Å². The van der Waals surface area contributed by atoms with E-state index in [0.717, 1.165) is 0 Å². The third-order valence-corrected chi connectivity index (χ3v) is 6.41. The Morgan fingerprint density at radius 2 is 1.74 bits per heavy atom. The second-order valence-corrected chi connectivity index (χ2v) is 8.76. The Labute approximate surface area is 165 Å². The van der Waals surface area contributed by atoms with Gasteiger partial charge in [0.05, 0.1) is 18.1 Å². The number of benzene rings is 2. The van der Waals surface area contributed by atoms with Gasteiger partial charge in [-0.15, -0.1) is 0 Å². The quantitative estimate of drug-likeness (QED) is 0.679. The molecule has 0 saturated carbocycles. The van der Waals surface area contributed by atoms with Crippen molar-refractivity contribution in [1.29, 1.82) is 0 Å². The van der Waals surface area contributed by atoms with Crippen LogP contribution in [0.4, 0.5) is 11.7 Å². The zero-order valence-corrected chi connectivity index (χ0v) is 16.3. The van der Waals surface area contributed by atoms with Gasteiger partial charge in [0, 0.05) is 28.8 Å². The van der Waals surface area contributed by atoms with Gasteiger partial charge in [0.2, 0.25) is 10.0 Å². The second kappa shape index (κ2) is 7.29. The van der Waals surface area contributed by atoms with E-state index >= 15 is 0 Å². The number of nitrogens with zero attached hydrogens (tertiary/aromatic N) is 2. The number of anilines is 2. The van der Waals surface area contributed by atoms with E-state index in [-0.39, 0.29) is 10.9 Å². The highest BCUT2D eigenvalue weighted by Gasteiger charge is 2.27. The highest BCUT2D eigenvalue weighted by atomic mass is 35.5. The van der Waals surface area contributed by atoms with E-state index in [2.05, 4.69) is 10.3 Å². The summed E-state index contributed by atoms with van der Waals surface area (Å²) >= 11 is 12.0. The Bertz CT molecular complexity index is 1070. The molecule has 0 amide bonds. The Kier molecular flexibility index (Phi) is 5.00. The highest BCUT2D eigenvalue weighted by Crippen LogP contribution is 2.28. The minimum Gasteiger partial charge on any atom is -0.423 e. The number of oxazole rings is 1. The number of fused-ring (bicyclic) bond motifs is 1. The summed E-state index contributed by atoms with van der Waals surface area (Å²) < 4.78 is 37.8. The van der Waals surface area contributed by atoms with Crippen molar-refractivity contribution in [3.8, 4) is 0 Å². The Morgan fingerprint density at radius 3 is 2.44 bits per heavy atom. The highest BCUT2D eigenvalue weighted by molar-refractivity contribution is 7.89. The first-order valence-electron chi connectivity index (χ1n) is 8.13. The van der Waals surface area contributed by atoms with Crippen molar-refractivity contribution in [2.75, 3.05) is 31.6 Å². The normalized spacial score (nSPS) is 15.9. The minimum atomic E-state index is -3.60. The van der Waals surface area contributed by atoms with Crippen LogP contribution in [0.15, 0.2) is 45.7 Å². The minimum absolute atomic E-state index is 0.169. The average molecular weight is 428 g/mol. The molecule has 0 spiro atoms. The molecule has 1 aliphatic rings. The predicted octanol–water partition coefficient (Wildman–Crippen LogP) is 3.90. The molecule has 2 aromatic carbocycles. The van der Waals surface area contributed by atoms with Crippen molar-refractivity contribution < 1.29 is 17.6 Å². The molecule has 1 N–H and O–H groups in total. The van der Waals surface area contributed by atoms with Crippen LogP contribution in [0.3, 0.4) is 0 Å². The van der Waals surface area contributed by atoms with Crippen LogP contribution in [0.2, 0.25) is 10.0 Å². The lowest BCUT2D eigenvalue weighted by molar-refractivity contribution is 0.0730. The first-order valence-corrected chi connectivity index (χ1v) is 10.3. The standard InChI is InChI=1S/C17H15Cl2N3O4S/c18-11-7-12(19)9-13(8-11)20-17-21-15-10-14(1-2-16(15)26-17)27(23,24)22-3-5-25-6-4-22/h1-2,7-10H,3-6H2,(H,20,21). The van der Waals surface area contributed by atoms with Crippen molar-refractivity contribution in [1.82, 2.24) is 9.29 Å². The molecule has 7 nitrogen and oxygen atoms in total. The Morgan fingerprint density at radius 1 is 1.04 bits per heavy atom. The van der Waals surface area contributed by atoms with Crippen molar-refractivity contribution in [2.24, 2.45) is 0 Å². The molecule has 3 aromatic rings. The van der Waals surface area contributed by atoms with E-state index in [0.29, 0.717) is 53.1 Å². The molecular weight excluding hydrogens is 413 g/mol. The molecule has 0 radical (unpaired) electrons. The van der Waals surface area contributed by atoms with Crippen LogP contribution in [-0.4, -0.2) is 44.0 Å². The number of rotatable bonds is 4. The van der Waals surface area contributed by atoms with Gasteiger partial charge in [-0.25, -0.2) is 8.42 Å². The van der Waals surface area contributed by atoms with Crippen molar-refractivity contribution >= 4 is 56.0 Å². The van der Waals surface area contributed by atoms with Gasteiger partial charge in [-0.2, -0.15) is 9.29 Å². The van der Waals surface area contributed by atoms with Crippen LogP contribution in [-0.2, 0) is 14.8 Å². The molecule has 1 aliphatic heterocycles. The number of morpholine rings is 1. The van der Waals surface area contributed by atoms with E-state index in [1.54, 1.807) is 24.3 Å². The van der Waals surface area contributed by atoms with Gasteiger partial charge in [-0.3, -0.25) is 0 Å². The van der Waals surface area contributed by atoms with Crippen LogP contribution >= 0.6 is 23.2 Å². The second-order valence-electron chi connectivity index (χ2n) is 5.95. The molecule has 10 heteroatoms. The maximum absolute atomic E-state index is 12.8. The number of nitrogens with one attached hydrogen (secondary N) is 1. The predicted molar refractivity (Wildman–Crippen MR) is 103 cm³/mol. The summed E-state index contributed by atoms with van der Waals surface area (Å²) in [6.45, 7) is 1.45. The molecule has 142 valence electrons. The topological polar surface area (TPSA) is 84.7 Å². The summed E-state index contributed by atoms with van der Waals surface area (Å²) in [5.41, 5.74) is 1.51. The molecule has 0 aliphatic carbocycles. The summed E-state index contributed by atoms with van der Waals surface area (Å²) in [6, 6.07) is 9.78. The van der Waals surface area contributed by atoms with Crippen molar-refractivity contribution in [2.45, 2.75) is 4.90 Å². The van der Waals surface area contributed by atoms with E-state index in [1.807, 2.05) is 0 Å². The van der Waals surface area contributed by atoms with Gasteiger partial charge in [0.15, 0.2) is 5.58 Å². The number of hydrogen-bond donors (Lipinski definition) is 1. The Balaban J connectivity index is 1.63. The maximum Gasteiger partial charge on any atom is 0.300 e. The zero-order valence-electron chi connectivity index (χ0n) is 14.0. The number of sulfonamides is 1. The third kappa shape index (κ3) is 3.90. The van der Waals surface area contributed by atoms with Gasteiger partial charge in [-0.1, -0.05) is 23.2 Å². The monoisotopic (exact) mass is 427 g/mol. The SMILES string of the molecule is O=S(=O)(c1ccc2oc(Nc3cc(Cl)cc(Cl)c3)nc2c1)N1CCOCC1. The molecule has 1 saturated heterocycles. The fourth-order valence-corrected chi connectivity index (χ4v) is 4.76. The number of hydrogen-bond acceptors (Lipinski definition) is 6. The Hall–Kier alpha value is -1.84. The van der Waals surface area contributed by atoms with E-state index < -0.39 is 10.0 Å². The number of halogens is 2. The fourth-order valence-electron chi connectivity index (χ4n) is 2.81. The molecule has 4 rings (SSSR count). The van der Waals surface area contributed by atoms with Crippen LogP contribution < -0.4 is 5.32 Å². The summed E-state index contributed by atoms with van der Waals surface area (Å²) in [5.74, 6) is 0. The average Bonchev–Trinajstić information content (AvgIpc) is 3.02. The largest absolute Gasteiger partial charge is 0.423 e. The van der Waals surface area contributed by atoms with Gasteiger partial charge in [-0.05, 0) is 36.4 Å². The molecule has 0 bridgehead atoms. The molecular formula is C17H15Cl2N3O4S. The number of aromatic nitrogens is 1. The summed E-state index contributed by atoms with van der Waals surface area (Å²) in [6.07, 6.45) is 0. The van der Waals surface area contributed by atoms with Gasteiger partial charge >= 0.3 is 0 Å². The summed E-state index contributed by atoms with van der Waals surface area (Å²) in [4.78, 5) is 4.48. The third-order valence-electron chi connectivity index (χ3n) is 4.08. The van der Waals surface area contributed by atoms with Crippen LogP contribution in [0.5, 0.6) is 0 Å². The molecule has 2 heterocycles. The van der Waals surface area contributed by atoms with Crippen LogP contribution in [0.1, 0.15) is 0 Å². The van der Waals surface area contributed by atoms with Gasteiger partial charge < -0.3 is 14.5 Å². The van der Waals surface area contributed by atoms with Gasteiger partial charge in [0.25, 0.3) is 6.01 Å². The lowest BCUT2D eigenvalue weighted by Crippen LogP contribution is -2.40. The summed E-state index contributed by atoms with van der Waals surface area (Å²) in [7, 11) is -3.60.